The number of fused-ring (bicyclic) bond motifs is 1. The van der Waals surface area contributed by atoms with Gasteiger partial charge in [-0.25, -0.2) is 0 Å². The number of nitro groups is 1. The first kappa shape index (κ1) is 19.8. The van der Waals surface area contributed by atoms with Gasteiger partial charge in [0.15, 0.2) is 23.9 Å². The molecule has 0 unspecified atom stereocenters. The second-order valence-corrected chi connectivity index (χ2v) is 7.08. The van der Waals surface area contributed by atoms with Crippen LogP contribution >= 0.6 is 0 Å². The van der Waals surface area contributed by atoms with Gasteiger partial charge in [0, 0.05) is 28.7 Å². The van der Waals surface area contributed by atoms with Crippen molar-refractivity contribution in [1.29, 1.82) is 0 Å². The predicted molar refractivity (Wildman–Crippen MR) is 95.0 cm³/mol. The molecule has 0 N–H and O–H groups in total. The maximum absolute atomic E-state index is 12.3. The van der Waals surface area contributed by atoms with E-state index in [-0.39, 0.29) is 31.1 Å². The molecule has 1 saturated carbocycles. The Morgan fingerprint density at radius 1 is 1.25 bits per heavy atom. The van der Waals surface area contributed by atoms with Gasteiger partial charge in [0.2, 0.25) is 6.54 Å². The zero-order valence-corrected chi connectivity index (χ0v) is 15.4. The topological polar surface area (TPSA) is 122 Å². The predicted octanol–water partition coefficient (Wildman–Crippen LogP) is 1.69. The summed E-state index contributed by atoms with van der Waals surface area (Å²) in [4.78, 5) is 46.8. The maximum Gasteiger partial charge on any atom is 0.306 e. The van der Waals surface area contributed by atoms with Gasteiger partial charge in [-0.1, -0.05) is 6.92 Å². The lowest BCUT2D eigenvalue weighted by Crippen LogP contribution is -2.28. The molecule has 150 valence electrons. The molecule has 1 aliphatic carbocycles. The van der Waals surface area contributed by atoms with Crippen LogP contribution in [-0.2, 0) is 14.3 Å². The highest BCUT2D eigenvalue weighted by Crippen LogP contribution is 2.36. The van der Waals surface area contributed by atoms with Gasteiger partial charge in [0.05, 0.1) is 6.42 Å². The average Bonchev–Trinajstić information content (AvgIpc) is 2.92. The van der Waals surface area contributed by atoms with E-state index in [2.05, 4.69) is 0 Å². The molecule has 3 atom stereocenters. The third-order valence-electron chi connectivity index (χ3n) is 5.16. The minimum Gasteiger partial charge on any atom is -0.486 e. The first-order chi connectivity index (χ1) is 13.3. The van der Waals surface area contributed by atoms with Crippen LogP contribution in [0.2, 0.25) is 0 Å². The Morgan fingerprint density at radius 2 is 1.96 bits per heavy atom. The molecular weight excluding hydrogens is 370 g/mol. The third-order valence-corrected chi connectivity index (χ3v) is 5.16. The van der Waals surface area contributed by atoms with Crippen molar-refractivity contribution in [3.8, 4) is 11.5 Å². The van der Waals surface area contributed by atoms with Crippen LogP contribution in [0.5, 0.6) is 11.5 Å². The molecule has 9 heteroatoms. The van der Waals surface area contributed by atoms with Gasteiger partial charge < -0.3 is 14.2 Å². The molecule has 1 aromatic rings. The van der Waals surface area contributed by atoms with E-state index in [0.717, 1.165) is 0 Å². The molecule has 3 rings (SSSR count). The van der Waals surface area contributed by atoms with Crippen molar-refractivity contribution >= 4 is 17.5 Å². The van der Waals surface area contributed by atoms with Crippen LogP contribution in [-0.4, -0.2) is 48.8 Å². The van der Waals surface area contributed by atoms with E-state index in [1.54, 1.807) is 19.1 Å². The first-order valence-corrected chi connectivity index (χ1v) is 9.08. The number of nitrogens with zero attached hydrogens (tertiary/aromatic N) is 1. The molecule has 9 nitrogen and oxygen atoms in total. The van der Waals surface area contributed by atoms with Crippen LogP contribution in [0.25, 0.3) is 0 Å². The molecule has 0 bridgehead atoms. The number of ether oxygens (including phenoxy) is 3. The number of carbonyl (C=O) groups is 3. The van der Waals surface area contributed by atoms with E-state index in [1.165, 1.54) is 6.07 Å². The molecule has 0 amide bonds. The third kappa shape index (κ3) is 4.47. The molecule has 0 radical (unpaired) electrons. The average molecular weight is 391 g/mol. The summed E-state index contributed by atoms with van der Waals surface area (Å²) in [5.74, 6) is -1.70. The first-order valence-electron chi connectivity index (χ1n) is 9.08. The molecule has 2 aliphatic rings. The second kappa shape index (κ2) is 8.37. The number of Topliss-reactive ketones (excluding diaryl/α,β-unsaturated/α-hetero) is 2. The van der Waals surface area contributed by atoms with Crippen LogP contribution < -0.4 is 9.47 Å². The van der Waals surface area contributed by atoms with Crippen LogP contribution in [0.4, 0.5) is 0 Å². The van der Waals surface area contributed by atoms with Gasteiger partial charge in [-0.2, -0.15) is 0 Å². The van der Waals surface area contributed by atoms with Crippen LogP contribution in [0.3, 0.4) is 0 Å². The number of hydrogen-bond donors (Lipinski definition) is 0. The highest BCUT2D eigenvalue weighted by molar-refractivity contribution is 5.98. The number of ketones is 2. The summed E-state index contributed by atoms with van der Waals surface area (Å²) in [5, 5.41) is 10.8. The summed E-state index contributed by atoms with van der Waals surface area (Å²) >= 11 is 0. The quantitative estimate of drug-likeness (QED) is 0.298. The molecule has 1 aromatic carbocycles. The molecular formula is C19H21NO8. The van der Waals surface area contributed by atoms with Crippen LogP contribution in [0.15, 0.2) is 18.2 Å². The summed E-state index contributed by atoms with van der Waals surface area (Å²) in [6.07, 6.45) is -0.0390. The summed E-state index contributed by atoms with van der Waals surface area (Å²) in [6.45, 7) is 1.76. The lowest BCUT2D eigenvalue weighted by molar-refractivity contribution is -0.490. The molecule has 28 heavy (non-hydrogen) atoms. The zero-order valence-electron chi connectivity index (χ0n) is 15.4. The molecule has 1 fully saturated rings. The summed E-state index contributed by atoms with van der Waals surface area (Å²) in [7, 11) is 0. The minimum absolute atomic E-state index is 0.157. The van der Waals surface area contributed by atoms with Gasteiger partial charge in [0.1, 0.15) is 19.0 Å². The fraction of sp³-hybridized carbons (Fsp3) is 0.526. The highest BCUT2D eigenvalue weighted by atomic mass is 16.6. The van der Waals surface area contributed by atoms with Crippen molar-refractivity contribution in [2.75, 3.05) is 26.4 Å². The maximum atomic E-state index is 12.3. The van der Waals surface area contributed by atoms with Gasteiger partial charge in [-0.05, 0) is 24.1 Å². The smallest absolute Gasteiger partial charge is 0.306 e. The lowest BCUT2D eigenvalue weighted by atomic mass is 9.88. The van der Waals surface area contributed by atoms with Gasteiger partial charge in [-0.15, -0.1) is 0 Å². The molecule has 1 aliphatic heterocycles. The monoisotopic (exact) mass is 391 g/mol. The fourth-order valence-electron chi connectivity index (χ4n) is 3.68. The Bertz CT molecular complexity index is 805. The molecule has 0 saturated heterocycles. The van der Waals surface area contributed by atoms with Crippen molar-refractivity contribution in [1.82, 2.24) is 0 Å². The number of benzene rings is 1. The number of rotatable bonds is 7. The van der Waals surface area contributed by atoms with E-state index in [1.807, 2.05) is 0 Å². The van der Waals surface area contributed by atoms with E-state index < -0.39 is 35.1 Å². The van der Waals surface area contributed by atoms with Crippen molar-refractivity contribution in [3.05, 3.63) is 33.9 Å². The SMILES string of the molecule is C[C@H]1CC(=O)[C@H](CC(=O)OCC(=O)c2ccc3c(c2)OCCO3)[C@@H]1C[N+](=O)[O-]. The molecule has 0 spiro atoms. The van der Waals surface area contributed by atoms with E-state index in [9.17, 15) is 24.5 Å². The number of hydrogen-bond acceptors (Lipinski definition) is 8. The van der Waals surface area contributed by atoms with Crippen molar-refractivity contribution < 1.29 is 33.5 Å². The highest BCUT2D eigenvalue weighted by Gasteiger charge is 2.44. The van der Waals surface area contributed by atoms with E-state index in [0.29, 0.717) is 30.3 Å². The second-order valence-electron chi connectivity index (χ2n) is 7.08. The van der Waals surface area contributed by atoms with Crippen LogP contribution in [0, 0.1) is 27.9 Å². The Balaban J connectivity index is 1.55. The van der Waals surface area contributed by atoms with Crippen LogP contribution in [0.1, 0.15) is 30.1 Å². The molecule has 0 aromatic heterocycles. The van der Waals surface area contributed by atoms with E-state index in [4.69, 9.17) is 14.2 Å². The van der Waals surface area contributed by atoms with Gasteiger partial charge in [0.25, 0.3) is 0 Å². The largest absolute Gasteiger partial charge is 0.486 e. The Morgan fingerprint density at radius 3 is 2.68 bits per heavy atom. The number of esters is 1. The molecule has 1 heterocycles. The zero-order chi connectivity index (χ0) is 20.3. The standard InChI is InChI=1S/C19H21NO8/c1-11-6-15(21)13(14(11)9-20(24)25)8-19(23)28-10-16(22)12-2-3-17-18(7-12)27-5-4-26-17/h2-3,7,11,13-14H,4-6,8-10H2,1H3/t11-,13+,14+/m0/s1. The fourth-order valence-corrected chi connectivity index (χ4v) is 3.68. The summed E-state index contributed by atoms with van der Waals surface area (Å²) in [6, 6.07) is 4.70. The Labute approximate surface area is 161 Å². The summed E-state index contributed by atoms with van der Waals surface area (Å²) in [5.41, 5.74) is 0.314. The number of carbonyl (C=O) groups excluding carboxylic acids is 3. The van der Waals surface area contributed by atoms with Gasteiger partial charge in [-0.3, -0.25) is 24.5 Å². The normalized spacial score (nSPS) is 23.3. The van der Waals surface area contributed by atoms with Gasteiger partial charge >= 0.3 is 5.97 Å². The Kier molecular flexibility index (Phi) is 5.91. The minimum atomic E-state index is -0.739. The van der Waals surface area contributed by atoms with Crippen molar-refractivity contribution in [2.45, 2.75) is 19.8 Å². The van der Waals surface area contributed by atoms with Crippen molar-refractivity contribution in [3.63, 3.8) is 0 Å². The van der Waals surface area contributed by atoms with Crippen molar-refractivity contribution in [2.24, 2.45) is 17.8 Å². The van der Waals surface area contributed by atoms with E-state index >= 15 is 0 Å². The Hall–Kier alpha value is -2.97. The lowest BCUT2D eigenvalue weighted by Gasteiger charge is -2.18. The summed E-state index contributed by atoms with van der Waals surface area (Å²) < 4.78 is 15.8.